The second-order valence-electron chi connectivity index (χ2n) is 7.49. The second kappa shape index (κ2) is 8.77. The van der Waals surface area contributed by atoms with E-state index in [1.807, 2.05) is 13.8 Å². The largest absolute Gasteiger partial charge is 0.469 e. The normalized spacial score (nSPS) is 25.2. The Labute approximate surface area is 162 Å². The SMILES string of the molecule is CC.COC(=O)CCC(=O)N(C1CC1)C1c2ccccc2NC2CCCC21. The summed E-state index contributed by atoms with van der Waals surface area (Å²) in [7, 11) is 1.37. The lowest BCUT2D eigenvalue weighted by molar-refractivity contribution is -0.145. The quantitative estimate of drug-likeness (QED) is 0.783. The number of nitrogens with one attached hydrogen (secondary N) is 1. The summed E-state index contributed by atoms with van der Waals surface area (Å²) in [6.45, 7) is 4.00. The molecule has 2 fully saturated rings. The second-order valence-corrected chi connectivity index (χ2v) is 7.49. The molecule has 27 heavy (non-hydrogen) atoms. The van der Waals surface area contributed by atoms with Gasteiger partial charge >= 0.3 is 5.97 Å². The molecule has 5 heteroatoms. The van der Waals surface area contributed by atoms with Crippen molar-refractivity contribution in [1.29, 1.82) is 0 Å². The summed E-state index contributed by atoms with van der Waals surface area (Å²) in [4.78, 5) is 26.6. The van der Waals surface area contributed by atoms with E-state index in [1.165, 1.54) is 31.2 Å². The third kappa shape index (κ3) is 4.12. The van der Waals surface area contributed by atoms with Gasteiger partial charge in [-0.1, -0.05) is 38.5 Å². The number of hydrogen-bond acceptors (Lipinski definition) is 4. The Morgan fingerprint density at radius 2 is 1.85 bits per heavy atom. The number of hydrogen-bond donors (Lipinski definition) is 1. The number of ether oxygens (including phenoxy) is 1. The number of carbonyl (C=O) groups excluding carboxylic acids is 2. The molecule has 4 rings (SSSR count). The van der Waals surface area contributed by atoms with Gasteiger partial charge in [-0.3, -0.25) is 9.59 Å². The van der Waals surface area contributed by atoms with Crippen molar-refractivity contribution in [2.75, 3.05) is 12.4 Å². The third-order valence-corrected chi connectivity index (χ3v) is 5.89. The molecule has 5 nitrogen and oxygen atoms in total. The zero-order valence-corrected chi connectivity index (χ0v) is 16.7. The highest BCUT2D eigenvalue weighted by molar-refractivity contribution is 5.82. The first kappa shape index (κ1) is 19.7. The van der Waals surface area contributed by atoms with Crippen LogP contribution in [-0.2, 0) is 14.3 Å². The van der Waals surface area contributed by atoms with Crippen molar-refractivity contribution in [2.24, 2.45) is 5.92 Å². The topological polar surface area (TPSA) is 58.6 Å². The van der Waals surface area contributed by atoms with Crippen molar-refractivity contribution >= 4 is 17.6 Å². The predicted molar refractivity (Wildman–Crippen MR) is 106 cm³/mol. The van der Waals surface area contributed by atoms with Crippen molar-refractivity contribution in [3.63, 3.8) is 0 Å². The Morgan fingerprint density at radius 1 is 1.11 bits per heavy atom. The highest BCUT2D eigenvalue weighted by Crippen LogP contribution is 2.50. The number of methoxy groups -OCH3 is 1. The number of fused-ring (bicyclic) bond motifs is 2. The van der Waals surface area contributed by atoms with Gasteiger partial charge in [0.15, 0.2) is 0 Å². The smallest absolute Gasteiger partial charge is 0.306 e. The maximum Gasteiger partial charge on any atom is 0.306 e. The van der Waals surface area contributed by atoms with Crippen LogP contribution in [0.5, 0.6) is 0 Å². The van der Waals surface area contributed by atoms with Gasteiger partial charge < -0.3 is 15.0 Å². The van der Waals surface area contributed by atoms with E-state index in [0.717, 1.165) is 19.3 Å². The van der Waals surface area contributed by atoms with Crippen LogP contribution in [0.25, 0.3) is 0 Å². The molecule has 2 saturated carbocycles. The molecule has 0 radical (unpaired) electrons. The van der Waals surface area contributed by atoms with Gasteiger partial charge in [-0.2, -0.15) is 0 Å². The number of amides is 1. The lowest BCUT2D eigenvalue weighted by Crippen LogP contribution is -2.46. The Morgan fingerprint density at radius 3 is 2.56 bits per heavy atom. The Balaban J connectivity index is 0.00000102. The zero-order valence-electron chi connectivity index (χ0n) is 16.7. The van der Waals surface area contributed by atoms with Crippen LogP contribution in [0.3, 0.4) is 0 Å². The van der Waals surface area contributed by atoms with Gasteiger partial charge in [-0.25, -0.2) is 0 Å². The molecule has 2 aliphatic carbocycles. The van der Waals surface area contributed by atoms with Gasteiger partial charge in [0.2, 0.25) is 5.91 Å². The molecule has 1 heterocycles. The predicted octanol–water partition coefficient (Wildman–Crippen LogP) is 4.29. The summed E-state index contributed by atoms with van der Waals surface area (Å²) >= 11 is 0. The van der Waals surface area contributed by atoms with Crippen LogP contribution in [-0.4, -0.2) is 36.0 Å². The Hall–Kier alpha value is -2.04. The van der Waals surface area contributed by atoms with Gasteiger partial charge in [0.05, 0.1) is 19.6 Å². The van der Waals surface area contributed by atoms with Crippen LogP contribution in [0.4, 0.5) is 5.69 Å². The molecule has 0 bridgehead atoms. The van der Waals surface area contributed by atoms with E-state index in [9.17, 15) is 9.59 Å². The first-order valence-corrected chi connectivity index (χ1v) is 10.4. The fraction of sp³-hybridized carbons (Fsp3) is 0.636. The van der Waals surface area contributed by atoms with Gasteiger partial charge in [0, 0.05) is 30.1 Å². The average molecular weight is 373 g/mol. The van der Waals surface area contributed by atoms with Crippen LogP contribution in [0.15, 0.2) is 24.3 Å². The van der Waals surface area contributed by atoms with Crippen LogP contribution < -0.4 is 5.32 Å². The number of para-hydroxylation sites is 1. The van der Waals surface area contributed by atoms with E-state index in [2.05, 4.69) is 34.5 Å². The number of carbonyl (C=O) groups is 2. The highest BCUT2D eigenvalue weighted by atomic mass is 16.5. The van der Waals surface area contributed by atoms with Gasteiger partial charge in [0.1, 0.15) is 0 Å². The molecular formula is C22H32N2O3. The van der Waals surface area contributed by atoms with E-state index >= 15 is 0 Å². The fourth-order valence-electron chi connectivity index (χ4n) is 4.60. The van der Waals surface area contributed by atoms with Crippen molar-refractivity contribution < 1.29 is 14.3 Å². The molecule has 1 N–H and O–H groups in total. The Kier molecular flexibility index (Phi) is 6.40. The molecule has 3 unspecified atom stereocenters. The average Bonchev–Trinajstić information content (AvgIpc) is 3.43. The Bertz CT molecular complexity index is 671. The van der Waals surface area contributed by atoms with E-state index in [0.29, 0.717) is 18.0 Å². The molecule has 3 atom stereocenters. The minimum absolute atomic E-state index is 0.0975. The number of nitrogens with zero attached hydrogens (tertiary/aromatic N) is 1. The van der Waals surface area contributed by atoms with Crippen molar-refractivity contribution in [2.45, 2.75) is 76.9 Å². The summed E-state index contributed by atoms with van der Waals surface area (Å²) in [5, 5.41) is 3.69. The number of esters is 1. The summed E-state index contributed by atoms with van der Waals surface area (Å²) in [5.41, 5.74) is 2.41. The van der Waals surface area contributed by atoms with Crippen molar-refractivity contribution in [1.82, 2.24) is 4.90 Å². The first-order chi connectivity index (χ1) is 13.2. The molecule has 1 amide bonds. The molecule has 0 spiro atoms. The van der Waals surface area contributed by atoms with E-state index in [4.69, 9.17) is 4.74 Å². The summed E-state index contributed by atoms with van der Waals surface area (Å²) < 4.78 is 4.71. The minimum atomic E-state index is -0.312. The third-order valence-electron chi connectivity index (χ3n) is 5.89. The monoisotopic (exact) mass is 372 g/mol. The summed E-state index contributed by atoms with van der Waals surface area (Å²) in [6, 6.07) is 9.33. The van der Waals surface area contributed by atoms with E-state index in [-0.39, 0.29) is 30.8 Å². The maximum atomic E-state index is 13.0. The standard InChI is InChI=1S/C20H26N2O3.C2H6/c1-25-19(24)12-11-18(23)22(13-9-10-13)20-14-5-2-3-7-16(14)21-17-8-4-6-15(17)20;1-2/h2-3,5,7,13,15,17,20-21H,4,6,8-12H2,1H3;1-2H3. The zero-order chi connectivity index (χ0) is 19.4. The molecule has 1 aromatic rings. The first-order valence-electron chi connectivity index (χ1n) is 10.4. The van der Waals surface area contributed by atoms with Crippen LogP contribution >= 0.6 is 0 Å². The number of anilines is 1. The minimum Gasteiger partial charge on any atom is -0.469 e. The number of benzene rings is 1. The van der Waals surface area contributed by atoms with Crippen LogP contribution in [0.2, 0.25) is 0 Å². The van der Waals surface area contributed by atoms with Crippen molar-refractivity contribution in [3.8, 4) is 0 Å². The number of rotatable bonds is 5. The van der Waals surface area contributed by atoms with Gasteiger partial charge in [-0.15, -0.1) is 0 Å². The summed E-state index contributed by atoms with van der Waals surface area (Å²) in [6.07, 6.45) is 6.10. The highest BCUT2D eigenvalue weighted by Gasteiger charge is 2.47. The van der Waals surface area contributed by atoms with Crippen LogP contribution in [0, 0.1) is 5.92 Å². The fourth-order valence-corrected chi connectivity index (χ4v) is 4.60. The molecular weight excluding hydrogens is 340 g/mol. The van der Waals surface area contributed by atoms with Gasteiger partial charge in [0.25, 0.3) is 0 Å². The molecule has 1 aromatic carbocycles. The molecule has 3 aliphatic rings. The maximum absolute atomic E-state index is 13.0. The van der Waals surface area contributed by atoms with E-state index < -0.39 is 0 Å². The molecule has 148 valence electrons. The summed E-state index contributed by atoms with van der Waals surface area (Å²) in [5.74, 6) is 0.256. The molecule has 0 saturated heterocycles. The van der Waals surface area contributed by atoms with Gasteiger partial charge in [-0.05, 0) is 37.3 Å². The van der Waals surface area contributed by atoms with Crippen LogP contribution in [0.1, 0.15) is 70.4 Å². The molecule has 1 aliphatic heterocycles. The van der Waals surface area contributed by atoms with E-state index in [1.54, 1.807) is 0 Å². The lowest BCUT2D eigenvalue weighted by Gasteiger charge is -2.43. The lowest BCUT2D eigenvalue weighted by atomic mass is 9.83. The molecule has 0 aromatic heterocycles. The van der Waals surface area contributed by atoms with Crippen molar-refractivity contribution in [3.05, 3.63) is 29.8 Å².